The molecule has 0 amide bonds. The van der Waals surface area contributed by atoms with Crippen LogP contribution in [-0.4, -0.2) is 10.1 Å². The molecule has 1 aromatic carbocycles. The maximum Gasteiger partial charge on any atom is 0.0845 e. The van der Waals surface area contributed by atoms with Crippen molar-refractivity contribution in [2.45, 2.75) is 26.4 Å². The molecule has 0 aliphatic heterocycles. The van der Waals surface area contributed by atoms with Crippen LogP contribution < -0.4 is 0 Å². The molecule has 0 aliphatic carbocycles. The third kappa shape index (κ3) is 2.60. The largest absolute Gasteiger partial charge is 0.388 e. The zero-order valence-corrected chi connectivity index (χ0v) is 12.4. The number of thiophene rings is 1. The number of aliphatic hydroxyl groups excluding tert-OH is 1. The Morgan fingerprint density at radius 3 is 2.90 bits per heavy atom. The Morgan fingerprint density at radius 2 is 2.05 bits per heavy atom. The quantitative estimate of drug-likeness (QED) is 0.782. The van der Waals surface area contributed by atoms with E-state index in [0.29, 0.717) is 6.42 Å². The molecule has 3 heteroatoms. The minimum atomic E-state index is -0.505. The lowest BCUT2D eigenvalue weighted by Gasteiger charge is -2.13. The minimum absolute atomic E-state index is 0.505. The van der Waals surface area contributed by atoms with Crippen LogP contribution in [0.2, 0.25) is 0 Å². The molecule has 0 aliphatic rings. The smallest absolute Gasteiger partial charge is 0.0845 e. The van der Waals surface area contributed by atoms with Crippen molar-refractivity contribution in [1.29, 1.82) is 0 Å². The predicted molar refractivity (Wildman–Crippen MR) is 84.2 cm³/mol. The molecular weight excluding hydrogens is 266 g/mol. The lowest BCUT2D eigenvalue weighted by molar-refractivity contribution is 0.178. The fourth-order valence-corrected chi connectivity index (χ4v) is 3.18. The van der Waals surface area contributed by atoms with E-state index in [2.05, 4.69) is 37.0 Å². The molecule has 0 saturated carbocycles. The Balaban J connectivity index is 1.88. The Kier molecular flexibility index (Phi) is 3.55. The number of aromatic nitrogens is 1. The van der Waals surface area contributed by atoms with E-state index in [-0.39, 0.29) is 0 Å². The van der Waals surface area contributed by atoms with E-state index < -0.39 is 6.10 Å². The van der Waals surface area contributed by atoms with Crippen LogP contribution >= 0.6 is 11.3 Å². The summed E-state index contributed by atoms with van der Waals surface area (Å²) in [6.07, 6.45) is 1.91. The summed E-state index contributed by atoms with van der Waals surface area (Å²) in [5, 5.41) is 12.5. The number of aliphatic hydroxyl groups is 1. The molecule has 1 N–H and O–H groups in total. The van der Waals surface area contributed by atoms with Gasteiger partial charge in [0, 0.05) is 18.2 Å². The Hall–Kier alpha value is -1.71. The number of rotatable bonds is 3. The SMILES string of the molecule is Cc1ccc(C)c(CC(O)c2cnc3ccsc3c2)c1. The van der Waals surface area contributed by atoms with Crippen LogP contribution in [0.5, 0.6) is 0 Å². The second kappa shape index (κ2) is 5.35. The number of aryl methyl sites for hydroxylation is 2. The third-order valence-electron chi connectivity index (χ3n) is 3.63. The van der Waals surface area contributed by atoms with Crippen molar-refractivity contribution >= 4 is 21.6 Å². The minimum Gasteiger partial charge on any atom is -0.388 e. The van der Waals surface area contributed by atoms with Gasteiger partial charge in [0.15, 0.2) is 0 Å². The average molecular weight is 283 g/mol. The summed E-state index contributed by atoms with van der Waals surface area (Å²) >= 11 is 1.66. The van der Waals surface area contributed by atoms with Crippen LogP contribution in [-0.2, 0) is 6.42 Å². The highest BCUT2D eigenvalue weighted by Gasteiger charge is 2.12. The zero-order valence-electron chi connectivity index (χ0n) is 11.6. The van der Waals surface area contributed by atoms with Gasteiger partial charge < -0.3 is 5.11 Å². The summed E-state index contributed by atoms with van der Waals surface area (Å²) in [7, 11) is 0. The standard InChI is InChI=1S/C17H17NOS/c1-11-3-4-12(2)13(7-11)8-16(19)14-9-17-15(18-10-14)5-6-20-17/h3-7,9-10,16,19H,8H2,1-2H3. The molecule has 1 unspecified atom stereocenters. The summed E-state index contributed by atoms with van der Waals surface area (Å²) in [6.45, 7) is 4.16. The number of fused-ring (bicyclic) bond motifs is 1. The average Bonchev–Trinajstić information content (AvgIpc) is 2.90. The lowest BCUT2D eigenvalue weighted by atomic mass is 9.97. The molecule has 2 heterocycles. The fraction of sp³-hybridized carbons (Fsp3) is 0.235. The van der Waals surface area contributed by atoms with Crippen LogP contribution in [0.4, 0.5) is 0 Å². The molecule has 3 rings (SSSR count). The summed E-state index contributed by atoms with van der Waals surface area (Å²) in [6, 6.07) is 10.4. The van der Waals surface area contributed by atoms with E-state index in [1.165, 1.54) is 16.7 Å². The monoisotopic (exact) mass is 283 g/mol. The van der Waals surface area contributed by atoms with E-state index in [1.54, 1.807) is 17.5 Å². The van der Waals surface area contributed by atoms with Gasteiger partial charge in [-0.25, -0.2) is 0 Å². The first-order valence-corrected chi connectivity index (χ1v) is 7.59. The number of benzene rings is 1. The molecule has 0 bridgehead atoms. The van der Waals surface area contributed by atoms with E-state index in [0.717, 1.165) is 15.8 Å². The summed E-state index contributed by atoms with van der Waals surface area (Å²) in [4.78, 5) is 4.39. The summed E-state index contributed by atoms with van der Waals surface area (Å²) in [5.74, 6) is 0. The normalized spacial score (nSPS) is 12.8. The second-order valence-electron chi connectivity index (χ2n) is 5.22. The van der Waals surface area contributed by atoms with Gasteiger partial charge in [0.2, 0.25) is 0 Å². The van der Waals surface area contributed by atoms with Crippen molar-refractivity contribution in [3.63, 3.8) is 0 Å². The van der Waals surface area contributed by atoms with E-state index in [1.807, 2.05) is 17.5 Å². The maximum atomic E-state index is 10.5. The highest BCUT2D eigenvalue weighted by Crippen LogP contribution is 2.25. The molecular formula is C17H17NOS. The van der Waals surface area contributed by atoms with Gasteiger partial charge in [-0.05, 0) is 42.5 Å². The van der Waals surface area contributed by atoms with E-state index in [9.17, 15) is 5.11 Å². The Labute approximate surface area is 122 Å². The molecule has 1 atom stereocenters. The van der Waals surface area contributed by atoms with Crippen molar-refractivity contribution in [2.24, 2.45) is 0 Å². The van der Waals surface area contributed by atoms with Crippen LogP contribution in [0.15, 0.2) is 41.9 Å². The van der Waals surface area contributed by atoms with Crippen molar-refractivity contribution in [2.75, 3.05) is 0 Å². The highest BCUT2D eigenvalue weighted by atomic mass is 32.1. The van der Waals surface area contributed by atoms with E-state index >= 15 is 0 Å². The summed E-state index contributed by atoms with van der Waals surface area (Å²) < 4.78 is 1.13. The molecule has 0 radical (unpaired) electrons. The van der Waals surface area contributed by atoms with Crippen LogP contribution in [0.3, 0.4) is 0 Å². The molecule has 0 spiro atoms. The topological polar surface area (TPSA) is 33.1 Å². The van der Waals surface area contributed by atoms with Gasteiger partial charge >= 0.3 is 0 Å². The van der Waals surface area contributed by atoms with Crippen molar-refractivity contribution < 1.29 is 5.11 Å². The first-order chi connectivity index (χ1) is 9.63. The van der Waals surface area contributed by atoms with Crippen LogP contribution in [0.1, 0.15) is 28.4 Å². The van der Waals surface area contributed by atoms with Crippen LogP contribution in [0, 0.1) is 13.8 Å². The maximum absolute atomic E-state index is 10.5. The van der Waals surface area contributed by atoms with Crippen molar-refractivity contribution in [3.8, 4) is 0 Å². The van der Waals surface area contributed by atoms with Gasteiger partial charge in [-0.1, -0.05) is 23.8 Å². The van der Waals surface area contributed by atoms with Gasteiger partial charge in [0.25, 0.3) is 0 Å². The van der Waals surface area contributed by atoms with Crippen molar-refractivity contribution in [3.05, 3.63) is 64.2 Å². The van der Waals surface area contributed by atoms with Crippen LogP contribution in [0.25, 0.3) is 10.2 Å². The molecule has 3 aromatic rings. The molecule has 102 valence electrons. The number of hydrogen-bond acceptors (Lipinski definition) is 3. The molecule has 2 aromatic heterocycles. The molecule has 2 nitrogen and oxygen atoms in total. The molecule has 0 saturated heterocycles. The number of pyridine rings is 1. The summed E-state index contributed by atoms with van der Waals surface area (Å²) in [5.41, 5.74) is 5.53. The Bertz CT molecular complexity index is 748. The van der Waals surface area contributed by atoms with Gasteiger partial charge in [0.05, 0.1) is 16.3 Å². The number of nitrogens with zero attached hydrogens (tertiary/aromatic N) is 1. The molecule has 0 fully saturated rings. The Morgan fingerprint density at radius 1 is 1.20 bits per heavy atom. The second-order valence-corrected chi connectivity index (χ2v) is 6.17. The highest BCUT2D eigenvalue weighted by molar-refractivity contribution is 7.17. The van der Waals surface area contributed by atoms with Gasteiger partial charge in [-0.15, -0.1) is 11.3 Å². The van der Waals surface area contributed by atoms with Gasteiger partial charge in [-0.2, -0.15) is 0 Å². The zero-order chi connectivity index (χ0) is 14.1. The lowest BCUT2D eigenvalue weighted by Crippen LogP contribution is -2.04. The fourth-order valence-electron chi connectivity index (χ4n) is 2.39. The first-order valence-electron chi connectivity index (χ1n) is 6.71. The third-order valence-corrected chi connectivity index (χ3v) is 4.48. The number of hydrogen-bond donors (Lipinski definition) is 1. The van der Waals surface area contributed by atoms with Gasteiger partial charge in [0.1, 0.15) is 0 Å². The predicted octanol–water partition coefficient (Wildman–Crippen LogP) is 4.19. The first kappa shape index (κ1) is 13.3. The van der Waals surface area contributed by atoms with E-state index in [4.69, 9.17) is 0 Å². The van der Waals surface area contributed by atoms with Crippen molar-refractivity contribution in [1.82, 2.24) is 4.98 Å². The van der Waals surface area contributed by atoms with Gasteiger partial charge in [-0.3, -0.25) is 4.98 Å². The molecule has 20 heavy (non-hydrogen) atoms.